The van der Waals surface area contributed by atoms with Gasteiger partial charge in [0.25, 0.3) is 0 Å². The smallest absolute Gasteiger partial charge is 0.191 e. The van der Waals surface area contributed by atoms with Gasteiger partial charge in [-0.3, -0.25) is 4.99 Å². The Labute approximate surface area is 176 Å². The average Bonchev–Trinajstić information content (AvgIpc) is 3.28. The normalized spacial score (nSPS) is 11.6. The highest BCUT2D eigenvalue weighted by molar-refractivity contribution is 14.0. The third kappa shape index (κ3) is 5.69. The molecule has 3 rings (SSSR count). The van der Waals surface area contributed by atoms with Crippen molar-refractivity contribution in [3.8, 4) is 0 Å². The molecule has 0 aliphatic heterocycles. The van der Waals surface area contributed by atoms with E-state index < -0.39 is 0 Å². The second-order valence-electron chi connectivity index (χ2n) is 6.51. The number of benzene rings is 1. The zero-order chi connectivity index (χ0) is 18.4. The lowest BCUT2D eigenvalue weighted by atomic mass is 10.1. The van der Waals surface area contributed by atoms with E-state index in [1.807, 2.05) is 30.6 Å². The van der Waals surface area contributed by atoms with E-state index in [2.05, 4.69) is 50.2 Å². The Morgan fingerprint density at radius 1 is 1.26 bits per heavy atom. The number of hydrogen-bond donors (Lipinski definition) is 2. The van der Waals surface area contributed by atoms with Crippen LogP contribution >= 0.6 is 24.0 Å². The lowest BCUT2D eigenvalue weighted by Crippen LogP contribution is -2.37. The first-order chi connectivity index (χ1) is 12.7. The molecule has 7 nitrogen and oxygen atoms in total. The van der Waals surface area contributed by atoms with Gasteiger partial charge in [0.2, 0.25) is 0 Å². The van der Waals surface area contributed by atoms with Crippen LogP contribution in [0.15, 0.2) is 46.2 Å². The first kappa shape index (κ1) is 21.2. The maximum absolute atomic E-state index is 5.33. The van der Waals surface area contributed by atoms with E-state index in [9.17, 15) is 0 Å². The average molecular weight is 482 g/mol. The molecule has 0 atom stereocenters. The summed E-state index contributed by atoms with van der Waals surface area (Å²) in [5, 5.41) is 10.6. The van der Waals surface area contributed by atoms with Crippen molar-refractivity contribution in [2.45, 2.75) is 39.3 Å². The number of guanidine groups is 1. The van der Waals surface area contributed by atoms with Gasteiger partial charge >= 0.3 is 0 Å². The molecule has 0 unspecified atom stereocenters. The fourth-order valence-corrected chi connectivity index (χ4v) is 2.72. The predicted octanol–water partition coefficient (Wildman–Crippen LogP) is 3.52. The van der Waals surface area contributed by atoms with Gasteiger partial charge in [0, 0.05) is 26.2 Å². The van der Waals surface area contributed by atoms with Gasteiger partial charge < -0.3 is 19.7 Å². The number of halogens is 1. The number of aromatic nitrogens is 3. The Bertz CT molecular complexity index is 870. The number of hydrogen-bond acceptors (Lipinski definition) is 4. The molecule has 0 saturated heterocycles. The number of imidazole rings is 1. The summed E-state index contributed by atoms with van der Waals surface area (Å²) in [7, 11) is 1.76. The molecule has 0 saturated carbocycles. The van der Waals surface area contributed by atoms with Crippen LogP contribution in [0.25, 0.3) is 11.0 Å². The fourth-order valence-electron chi connectivity index (χ4n) is 2.72. The van der Waals surface area contributed by atoms with Gasteiger partial charge in [-0.15, -0.1) is 24.0 Å². The molecule has 2 N–H and O–H groups in total. The van der Waals surface area contributed by atoms with Gasteiger partial charge in [-0.1, -0.05) is 31.1 Å². The number of nitrogens with one attached hydrogen (secondary N) is 2. The monoisotopic (exact) mass is 482 g/mol. The Morgan fingerprint density at radius 3 is 2.81 bits per heavy atom. The first-order valence-corrected chi connectivity index (χ1v) is 8.97. The molecular weight excluding hydrogens is 455 g/mol. The van der Waals surface area contributed by atoms with Crippen molar-refractivity contribution in [2.24, 2.45) is 4.99 Å². The third-order valence-electron chi connectivity index (χ3n) is 4.22. The van der Waals surface area contributed by atoms with Crippen molar-refractivity contribution >= 4 is 41.0 Å². The molecule has 27 heavy (non-hydrogen) atoms. The standard InChI is InChI=1S/C19H26N6O.HI/c1-14(2)17-11-15(26-24-17)12-22-19(20-3)21-9-6-10-25-13-23-16-7-4-5-8-18(16)25;/h4-5,7-8,11,13-14H,6,9-10,12H2,1-3H3,(H2,20,21,22);1H. The van der Waals surface area contributed by atoms with Crippen LogP contribution in [0, 0.1) is 0 Å². The molecule has 0 amide bonds. The van der Waals surface area contributed by atoms with E-state index in [-0.39, 0.29) is 24.0 Å². The van der Waals surface area contributed by atoms with Crippen molar-refractivity contribution in [3.63, 3.8) is 0 Å². The van der Waals surface area contributed by atoms with Gasteiger partial charge in [0.1, 0.15) is 0 Å². The molecule has 0 aliphatic rings. The SMILES string of the molecule is CN=C(NCCCn1cnc2ccccc21)NCc1cc(C(C)C)no1.I. The van der Waals surface area contributed by atoms with Gasteiger partial charge in [-0.05, 0) is 24.5 Å². The van der Waals surface area contributed by atoms with Crippen LogP contribution in [0.3, 0.4) is 0 Å². The maximum Gasteiger partial charge on any atom is 0.191 e. The van der Waals surface area contributed by atoms with Crippen molar-refractivity contribution < 1.29 is 4.52 Å². The molecule has 1 aromatic carbocycles. The maximum atomic E-state index is 5.33. The number of fused-ring (bicyclic) bond motifs is 1. The van der Waals surface area contributed by atoms with Gasteiger partial charge in [-0.25, -0.2) is 4.98 Å². The summed E-state index contributed by atoms with van der Waals surface area (Å²) >= 11 is 0. The highest BCUT2D eigenvalue weighted by Gasteiger charge is 2.08. The van der Waals surface area contributed by atoms with Crippen LogP contribution < -0.4 is 10.6 Å². The minimum absolute atomic E-state index is 0. The second kappa shape index (κ2) is 10.3. The highest BCUT2D eigenvalue weighted by Crippen LogP contribution is 2.14. The summed E-state index contributed by atoms with van der Waals surface area (Å²) in [4.78, 5) is 8.66. The van der Waals surface area contributed by atoms with E-state index in [0.29, 0.717) is 12.5 Å². The van der Waals surface area contributed by atoms with Gasteiger partial charge in [-0.2, -0.15) is 0 Å². The van der Waals surface area contributed by atoms with Crippen molar-refractivity contribution in [2.75, 3.05) is 13.6 Å². The number of aliphatic imine (C=N–C) groups is 1. The molecular formula is C19H27IN6O. The van der Waals surface area contributed by atoms with Crippen LogP contribution in [0.5, 0.6) is 0 Å². The van der Waals surface area contributed by atoms with E-state index in [0.717, 1.165) is 42.4 Å². The predicted molar refractivity (Wildman–Crippen MR) is 119 cm³/mol. The van der Waals surface area contributed by atoms with E-state index in [1.165, 1.54) is 5.52 Å². The summed E-state index contributed by atoms with van der Waals surface area (Å²) in [5.41, 5.74) is 3.17. The summed E-state index contributed by atoms with van der Waals surface area (Å²) < 4.78 is 7.51. The lowest BCUT2D eigenvalue weighted by molar-refractivity contribution is 0.372. The third-order valence-corrected chi connectivity index (χ3v) is 4.22. The zero-order valence-corrected chi connectivity index (χ0v) is 18.3. The number of rotatable bonds is 7. The Morgan fingerprint density at radius 2 is 2.07 bits per heavy atom. The molecule has 2 aromatic heterocycles. The van der Waals surface area contributed by atoms with Crippen LogP contribution in [0.2, 0.25) is 0 Å². The summed E-state index contributed by atoms with van der Waals surface area (Å²) in [5.74, 6) is 1.92. The largest absolute Gasteiger partial charge is 0.359 e. The molecule has 8 heteroatoms. The Balaban J connectivity index is 0.00000261. The van der Waals surface area contributed by atoms with E-state index in [1.54, 1.807) is 7.05 Å². The molecule has 0 aliphatic carbocycles. The fraction of sp³-hybridized carbons (Fsp3) is 0.421. The van der Waals surface area contributed by atoms with Crippen LogP contribution in [-0.2, 0) is 13.1 Å². The van der Waals surface area contributed by atoms with Crippen molar-refractivity contribution in [3.05, 3.63) is 48.1 Å². The summed E-state index contributed by atoms with van der Waals surface area (Å²) in [6.45, 7) is 6.48. The molecule has 0 spiro atoms. The van der Waals surface area contributed by atoms with Crippen LogP contribution in [0.1, 0.15) is 37.6 Å². The molecule has 2 heterocycles. The van der Waals surface area contributed by atoms with Crippen molar-refractivity contribution in [1.82, 2.24) is 25.3 Å². The van der Waals surface area contributed by atoms with E-state index >= 15 is 0 Å². The minimum Gasteiger partial charge on any atom is -0.359 e. The van der Waals surface area contributed by atoms with Crippen molar-refractivity contribution in [1.29, 1.82) is 0 Å². The van der Waals surface area contributed by atoms with Gasteiger partial charge in [0.05, 0.1) is 29.6 Å². The van der Waals surface area contributed by atoms with Crippen LogP contribution in [-0.4, -0.2) is 34.3 Å². The highest BCUT2D eigenvalue weighted by atomic mass is 127. The summed E-state index contributed by atoms with van der Waals surface area (Å²) in [6, 6.07) is 10.2. The van der Waals surface area contributed by atoms with E-state index in [4.69, 9.17) is 4.52 Å². The quantitative estimate of drug-likeness (QED) is 0.233. The Hall–Kier alpha value is -2.10. The molecule has 0 bridgehead atoms. The lowest BCUT2D eigenvalue weighted by Gasteiger charge is -2.11. The topological polar surface area (TPSA) is 80.3 Å². The van der Waals surface area contributed by atoms with Crippen LogP contribution in [0.4, 0.5) is 0 Å². The number of aryl methyl sites for hydroxylation is 1. The Kier molecular flexibility index (Phi) is 8.08. The molecule has 3 aromatic rings. The molecule has 146 valence electrons. The first-order valence-electron chi connectivity index (χ1n) is 8.97. The molecule has 0 radical (unpaired) electrons. The number of nitrogens with zero attached hydrogens (tertiary/aromatic N) is 4. The zero-order valence-electron chi connectivity index (χ0n) is 16.0. The second-order valence-corrected chi connectivity index (χ2v) is 6.51. The minimum atomic E-state index is 0. The molecule has 0 fully saturated rings. The number of para-hydroxylation sites is 2. The van der Waals surface area contributed by atoms with Gasteiger partial charge in [0.15, 0.2) is 11.7 Å². The summed E-state index contributed by atoms with van der Waals surface area (Å²) in [6.07, 6.45) is 2.87.